The number of oxime groups is 1. The highest BCUT2D eigenvalue weighted by atomic mass is 16.6. The molecule has 2 aromatic carbocycles. The highest BCUT2D eigenvalue weighted by Gasteiger charge is 1.99. The number of hydrogen-bond acceptors (Lipinski definition) is 2. The zero-order valence-electron chi connectivity index (χ0n) is 8.90. The van der Waals surface area contributed by atoms with Gasteiger partial charge in [-0.3, -0.25) is 0 Å². The summed E-state index contributed by atoms with van der Waals surface area (Å²) in [7, 11) is 1.56. The Morgan fingerprint density at radius 2 is 1.80 bits per heavy atom. The second kappa shape index (κ2) is 4.13. The molecule has 0 aliphatic heterocycles. The number of rotatable bonds is 2. The second-order valence-electron chi connectivity index (χ2n) is 3.42. The van der Waals surface area contributed by atoms with Gasteiger partial charge >= 0.3 is 0 Å². The standard InChI is InChI=1S/C13H13NO/c1-10(14-15-2)12-8-7-11-5-3-4-6-13(11)9-12/h3-9H,1-2H3. The van der Waals surface area contributed by atoms with E-state index in [9.17, 15) is 0 Å². The van der Waals surface area contributed by atoms with Crippen LogP contribution in [0.4, 0.5) is 0 Å². The minimum Gasteiger partial charge on any atom is -0.399 e. The molecule has 0 spiro atoms. The van der Waals surface area contributed by atoms with Crippen LogP contribution in [0.5, 0.6) is 0 Å². The average Bonchev–Trinajstić information content (AvgIpc) is 2.29. The van der Waals surface area contributed by atoms with Crippen LogP contribution in [0.1, 0.15) is 12.5 Å². The first-order valence-corrected chi connectivity index (χ1v) is 4.88. The van der Waals surface area contributed by atoms with Crippen LogP contribution >= 0.6 is 0 Å². The van der Waals surface area contributed by atoms with Crippen LogP contribution in [0.15, 0.2) is 47.6 Å². The first-order valence-electron chi connectivity index (χ1n) is 4.88. The first-order chi connectivity index (χ1) is 7.31. The normalized spacial score (nSPS) is 11.7. The van der Waals surface area contributed by atoms with Crippen LogP contribution in [-0.2, 0) is 4.84 Å². The lowest BCUT2D eigenvalue weighted by atomic mass is 10.0. The Hall–Kier alpha value is -1.83. The van der Waals surface area contributed by atoms with Crippen LogP contribution in [0.3, 0.4) is 0 Å². The molecule has 0 atom stereocenters. The molecule has 0 aromatic heterocycles. The predicted molar refractivity (Wildman–Crippen MR) is 63.2 cm³/mol. The fourth-order valence-electron chi connectivity index (χ4n) is 1.60. The van der Waals surface area contributed by atoms with Gasteiger partial charge in [-0.2, -0.15) is 0 Å². The number of hydrogen-bond donors (Lipinski definition) is 0. The van der Waals surface area contributed by atoms with E-state index < -0.39 is 0 Å². The van der Waals surface area contributed by atoms with Gasteiger partial charge in [0.1, 0.15) is 7.11 Å². The molecule has 0 aliphatic rings. The monoisotopic (exact) mass is 199 g/mol. The second-order valence-corrected chi connectivity index (χ2v) is 3.42. The molecular weight excluding hydrogens is 186 g/mol. The molecule has 2 nitrogen and oxygen atoms in total. The van der Waals surface area contributed by atoms with Gasteiger partial charge in [0.15, 0.2) is 0 Å². The maximum absolute atomic E-state index is 4.76. The van der Waals surface area contributed by atoms with E-state index in [1.807, 2.05) is 19.1 Å². The van der Waals surface area contributed by atoms with Gasteiger partial charge in [-0.15, -0.1) is 0 Å². The van der Waals surface area contributed by atoms with E-state index in [2.05, 4.69) is 35.5 Å². The predicted octanol–water partition coefficient (Wildman–Crippen LogP) is 3.21. The molecule has 0 unspecified atom stereocenters. The van der Waals surface area contributed by atoms with Gasteiger partial charge in [0.2, 0.25) is 0 Å². The van der Waals surface area contributed by atoms with Gasteiger partial charge in [-0.1, -0.05) is 41.6 Å². The smallest absolute Gasteiger partial charge is 0.106 e. The van der Waals surface area contributed by atoms with Crippen molar-refractivity contribution in [1.82, 2.24) is 0 Å². The highest BCUT2D eigenvalue weighted by Crippen LogP contribution is 2.16. The molecule has 0 saturated heterocycles. The van der Waals surface area contributed by atoms with Crippen molar-refractivity contribution in [2.24, 2.45) is 5.16 Å². The molecule has 0 amide bonds. The van der Waals surface area contributed by atoms with Gasteiger partial charge in [0.05, 0.1) is 5.71 Å². The fraction of sp³-hybridized carbons (Fsp3) is 0.154. The van der Waals surface area contributed by atoms with E-state index in [0.717, 1.165) is 11.3 Å². The van der Waals surface area contributed by atoms with Crippen molar-refractivity contribution in [3.63, 3.8) is 0 Å². The summed E-state index contributed by atoms with van der Waals surface area (Å²) in [4.78, 5) is 4.76. The Kier molecular flexibility index (Phi) is 2.68. The summed E-state index contributed by atoms with van der Waals surface area (Å²) in [5, 5.41) is 6.38. The topological polar surface area (TPSA) is 21.6 Å². The minimum atomic E-state index is 0.892. The summed E-state index contributed by atoms with van der Waals surface area (Å²) in [6.45, 7) is 1.94. The lowest BCUT2D eigenvalue weighted by Crippen LogP contribution is -1.94. The van der Waals surface area contributed by atoms with Crippen molar-refractivity contribution >= 4 is 16.5 Å². The van der Waals surface area contributed by atoms with Gasteiger partial charge in [0.25, 0.3) is 0 Å². The zero-order chi connectivity index (χ0) is 10.7. The maximum Gasteiger partial charge on any atom is 0.106 e. The number of benzene rings is 2. The van der Waals surface area contributed by atoms with Crippen LogP contribution in [-0.4, -0.2) is 12.8 Å². The van der Waals surface area contributed by atoms with Crippen molar-refractivity contribution in [2.45, 2.75) is 6.92 Å². The van der Waals surface area contributed by atoms with Crippen LogP contribution in [0.2, 0.25) is 0 Å². The Morgan fingerprint density at radius 1 is 1.07 bits per heavy atom. The lowest BCUT2D eigenvalue weighted by Gasteiger charge is -2.02. The van der Waals surface area contributed by atoms with Gasteiger partial charge in [-0.25, -0.2) is 0 Å². The molecule has 0 aliphatic carbocycles. The van der Waals surface area contributed by atoms with Crippen molar-refractivity contribution in [1.29, 1.82) is 0 Å². The number of nitrogens with zero attached hydrogens (tertiary/aromatic N) is 1. The Balaban J connectivity index is 2.51. The molecule has 15 heavy (non-hydrogen) atoms. The molecule has 0 N–H and O–H groups in total. The molecule has 2 rings (SSSR count). The maximum atomic E-state index is 4.76. The molecule has 0 heterocycles. The molecular formula is C13H13NO. The van der Waals surface area contributed by atoms with Crippen molar-refractivity contribution < 1.29 is 4.84 Å². The summed E-state index contributed by atoms with van der Waals surface area (Å²) in [6.07, 6.45) is 0. The van der Waals surface area contributed by atoms with Crippen molar-refractivity contribution in [2.75, 3.05) is 7.11 Å². The quantitative estimate of drug-likeness (QED) is 0.537. The summed E-state index contributed by atoms with van der Waals surface area (Å²) < 4.78 is 0. The molecule has 0 saturated carbocycles. The SMILES string of the molecule is CON=C(C)c1ccc2ccccc2c1. The van der Waals surface area contributed by atoms with Crippen molar-refractivity contribution in [3.8, 4) is 0 Å². The zero-order valence-corrected chi connectivity index (χ0v) is 8.90. The first kappa shape index (κ1) is 9.71. The van der Waals surface area contributed by atoms with Crippen LogP contribution < -0.4 is 0 Å². The molecule has 2 heteroatoms. The van der Waals surface area contributed by atoms with E-state index in [1.54, 1.807) is 7.11 Å². The largest absolute Gasteiger partial charge is 0.399 e. The van der Waals surface area contributed by atoms with Crippen LogP contribution in [0, 0.1) is 0 Å². The third-order valence-corrected chi connectivity index (χ3v) is 2.40. The Morgan fingerprint density at radius 3 is 2.53 bits per heavy atom. The van der Waals surface area contributed by atoms with E-state index in [4.69, 9.17) is 4.84 Å². The molecule has 0 bridgehead atoms. The van der Waals surface area contributed by atoms with E-state index in [-0.39, 0.29) is 0 Å². The average molecular weight is 199 g/mol. The lowest BCUT2D eigenvalue weighted by molar-refractivity contribution is 0.213. The van der Waals surface area contributed by atoms with Gasteiger partial charge in [0, 0.05) is 0 Å². The summed E-state index contributed by atoms with van der Waals surface area (Å²) in [6, 6.07) is 14.5. The highest BCUT2D eigenvalue weighted by molar-refractivity contribution is 6.01. The van der Waals surface area contributed by atoms with E-state index in [1.165, 1.54) is 10.8 Å². The molecule has 2 aromatic rings. The Bertz CT molecular complexity index is 503. The van der Waals surface area contributed by atoms with Gasteiger partial charge < -0.3 is 4.84 Å². The molecule has 76 valence electrons. The fourth-order valence-corrected chi connectivity index (χ4v) is 1.60. The molecule has 0 radical (unpaired) electrons. The van der Waals surface area contributed by atoms with E-state index in [0.29, 0.717) is 0 Å². The minimum absolute atomic E-state index is 0.892. The van der Waals surface area contributed by atoms with Gasteiger partial charge in [-0.05, 0) is 29.3 Å². The molecule has 0 fully saturated rings. The van der Waals surface area contributed by atoms with Crippen LogP contribution in [0.25, 0.3) is 10.8 Å². The third-order valence-electron chi connectivity index (χ3n) is 2.40. The number of fused-ring (bicyclic) bond motifs is 1. The van der Waals surface area contributed by atoms with E-state index >= 15 is 0 Å². The summed E-state index contributed by atoms with van der Waals surface area (Å²) in [5.74, 6) is 0. The summed E-state index contributed by atoms with van der Waals surface area (Å²) in [5.41, 5.74) is 1.99. The third kappa shape index (κ3) is 1.99. The summed E-state index contributed by atoms with van der Waals surface area (Å²) >= 11 is 0. The Labute approximate surface area is 89.2 Å². The van der Waals surface area contributed by atoms with Crippen molar-refractivity contribution in [3.05, 3.63) is 48.0 Å².